The summed E-state index contributed by atoms with van der Waals surface area (Å²) in [6, 6.07) is 15.3. The predicted octanol–water partition coefficient (Wildman–Crippen LogP) is 3.23. The van der Waals surface area contributed by atoms with Gasteiger partial charge in [0.15, 0.2) is 5.82 Å². The minimum atomic E-state index is 0.463. The fraction of sp³-hybridized carbons (Fsp3) is 0.125. The van der Waals surface area contributed by atoms with E-state index < -0.39 is 0 Å². The second kappa shape index (κ2) is 6.17. The predicted molar refractivity (Wildman–Crippen MR) is 84.6 cm³/mol. The van der Waals surface area contributed by atoms with Gasteiger partial charge in [0.05, 0.1) is 19.9 Å². The third kappa shape index (κ3) is 2.85. The van der Waals surface area contributed by atoms with Crippen LogP contribution in [0.1, 0.15) is 0 Å². The van der Waals surface area contributed by atoms with Gasteiger partial charge in [-0.15, -0.1) is 5.10 Å². The van der Waals surface area contributed by atoms with Crippen molar-refractivity contribution < 1.29 is 9.47 Å². The average Bonchev–Trinajstić information content (AvgIpc) is 3.04. The van der Waals surface area contributed by atoms with Crippen molar-refractivity contribution in [3.05, 3.63) is 48.5 Å². The SMILES string of the molecule is COc1ccc(OC)c(Nc2n[nH]c(-c3ccccc3)n2)c1. The normalized spacial score (nSPS) is 10.3. The Hall–Kier alpha value is -3.02. The van der Waals surface area contributed by atoms with Crippen LogP contribution >= 0.6 is 0 Å². The van der Waals surface area contributed by atoms with E-state index in [0.29, 0.717) is 17.5 Å². The summed E-state index contributed by atoms with van der Waals surface area (Å²) >= 11 is 0. The summed E-state index contributed by atoms with van der Waals surface area (Å²) in [4.78, 5) is 4.43. The van der Waals surface area contributed by atoms with Crippen LogP contribution in [-0.4, -0.2) is 29.4 Å². The van der Waals surface area contributed by atoms with Gasteiger partial charge in [-0.1, -0.05) is 30.3 Å². The summed E-state index contributed by atoms with van der Waals surface area (Å²) < 4.78 is 10.5. The number of anilines is 2. The lowest BCUT2D eigenvalue weighted by molar-refractivity contribution is 0.405. The molecular formula is C16H16N4O2. The van der Waals surface area contributed by atoms with Gasteiger partial charge in [0.2, 0.25) is 5.95 Å². The van der Waals surface area contributed by atoms with Gasteiger partial charge in [-0.25, -0.2) is 0 Å². The number of hydrogen-bond donors (Lipinski definition) is 2. The highest BCUT2D eigenvalue weighted by atomic mass is 16.5. The molecule has 1 aromatic heterocycles. The third-order valence-electron chi connectivity index (χ3n) is 3.19. The van der Waals surface area contributed by atoms with Crippen LogP contribution in [0.3, 0.4) is 0 Å². The Morgan fingerprint density at radius 1 is 1.00 bits per heavy atom. The molecule has 6 nitrogen and oxygen atoms in total. The number of methoxy groups -OCH3 is 2. The molecule has 1 heterocycles. The minimum absolute atomic E-state index is 0.463. The second-order valence-electron chi connectivity index (χ2n) is 4.56. The molecular weight excluding hydrogens is 280 g/mol. The van der Waals surface area contributed by atoms with Crippen molar-refractivity contribution >= 4 is 11.6 Å². The van der Waals surface area contributed by atoms with E-state index in [1.54, 1.807) is 14.2 Å². The molecule has 0 saturated heterocycles. The Kier molecular flexibility index (Phi) is 3.91. The van der Waals surface area contributed by atoms with Gasteiger partial charge in [0.25, 0.3) is 0 Å². The summed E-state index contributed by atoms with van der Waals surface area (Å²) in [6.07, 6.45) is 0. The van der Waals surface area contributed by atoms with Crippen LogP contribution in [-0.2, 0) is 0 Å². The highest BCUT2D eigenvalue weighted by Gasteiger charge is 2.09. The zero-order valence-corrected chi connectivity index (χ0v) is 12.3. The third-order valence-corrected chi connectivity index (χ3v) is 3.19. The first-order chi connectivity index (χ1) is 10.8. The van der Waals surface area contributed by atoms with Gasteiger partial charge >= 0.3 is 0 Å². The van der Waals surface area contributed by atoms with Crippen LogP contribution in [0.5, 0.6) is 11.5 Å². The lowest BCUT2D eigenvalue weighted by Crippen LogP contribution is -1.97. The van der Waals surface area contributed by atoms with Crippen LogP contribution in [0.2, 0.25) is 0 Å². The molecule has 0 bridgehead atoms. The zero-order chi connectivity index (χ0) is 15.4. The molecule has 0 saturated carbocycles. The van der Waals surface area contributed by atoms with Crippen LogP contribution in [0.15, 0.2) is 48.5 Å². The van der Waals surface area contributed by atoms with E-state index in [0.717, 1.165) is 17.0 Å². The Balaban J connectivity index is 1.86. The monoisotopic (exact) mass is 296 g/mol. The Morgan fingerprint density at radius 3 is 2.55 bits per heavy atom. The molecule has 0 atom stereocenters. The first-order valence-electron chi connectivity index (χ1n) is 6.77. The van der Waals surface area contributed by atoms with E-state index in [1.807, 2.05) is 48.5 Å². The number of benzene rings is 2. The minimum Gasteiger partial charge on any atom is -0.497 e. The lowest BCUT2D eigenvalue weighted by atomic mass is 10.2. The molecule has 22 heavy (non-hydrogen) atoms. The molecule has 0 fully saturated rings. The smallest absolute Gasteiger partial charge is 0.246 e. The van der Waals surface area contributed by atoms with Crippen molar-refractivity contribution in [2.45, 2.75) is 0 Å². The van der Waals surface area contributed by atoms with Crippen LogP contribution < -0.4 is 14.8 Å². The first-order valence-corrected chi connectivity index (χ1v) is 6.77. The van der Waals surface area contributed by atoms with Gasteiger partial charge in [-0.3, -0.25) is 5.10 Å². The molecule has 0 spiro atoms. The van der Waals surface area contributed by atoms with E-state index in [1.165, 1.54) is 0 Å². The van der Waals surface area contributed by atoms with Gasteiger partial charge in [-0.05, 0) is 12.1 Å². The molecule has 0 radical (unpaired) electrons. The summed E-state index contributed by atoms with van der Waals surface area (Å²) in [6.45, 7) is 0. The highest BCUT2D eigenvalue weighted by Crippen LogP contribution is 2.30. The van der Waals surface area contributed by atoms with Gasteiger partial charge in [-0.2, -0.15) is 4.98 Å². The first kappa shape index (κ1) is 13.9. The summed E-state index contributed by atoms with van der Waals surface area (Å²) in [7, 11) is 3.23. The van der Waals surface area contributed by atoms with E-state index in [4.69, 9.17) is 9.47 Å². The molecule has 0 amide bonds. The summed E-state index contributed by atoms with van der Waals surface area (Å²) in [5.41, 5.74) is 1.71. The molecule has 6 heteroatoms. The number of rotatable bonds is 5. The van der Waals surface area contributed by atoms with Crippen molar-refractivity contribution in [2.75, 3.05) is 19.5 Å². The molecule has 0 aliphatic heterocycles. The Bertz CT molecular complexity index is 756. The molecule has 112 valence electrons. The number of nitrogens with zero attached hydrogens (tertiary/aromatic N) is 2. The lowest BCUT2D eigenvalue weighted by Gasteiger charge is -2.10. The molecule has 0 aliphatic carbocycles. The number of H-pyrrole nitrogens is 1. The van der Waals surface area contributed by atoms with Crippen LogP contribution in [0.25, 0.3) is 11.4 Å². The molecule has 3 rings (SSSR count). The fourth-order valence-corrected chi connectivity index (χ4v) is 2.08. The highest BCUT2D eigenvalue weighted by molar-refractivity contribution is 5.66. The zero-order valence-electron chi connectivity index (χ0n) is 12.3. The van der Waals surface area contributed by atoms with Crippen molar-refractivity contribution in [3.63, 3.8) is 0 Å². The van der Waals surface area contributed by atoms with Gasteiger partial charge < -0.3 is 14.8 Å². The molecule has 2 N–H and O–H groups in total. The quantitative estimate of drug-likeness (QED) is 0.756. The fourth-order valence-electron chi connectivity index (χ4n) is 2.08. The molecule has 0 unspecified atom stereocenters. The largest absolute Gasteiger partial charge is 0.497 e. The maximum absolute atomic E-state index is 5.32. The Morgan fingerprint density at radius 2 is 1.82 bits per heavy atom. The van der Waals surface area contributed by atoms with Gasteiger partial charge in [0.1, 0.15) is 11.5 Å². The van der Waals surface area contributed by atoms with E-state index >= 15 is 0 Å². The number of ether oxygens (including phenoxy) is 2. The van der Waals surface area contributed by atoms with E-state index in [-0.39, 0.29) is 0 Å². The van der Waals surface area contributed by atoms with Crippen molar-refractivity contribution in [1.82, 2.24) is 15.2 Å². The van der Waals surface area contributed by atoms with Crippen LogP contribution in [0, 0.1) is 0 Å². The molecule has 0 aliphatic rings. The summed E-state index contributed by atoms with van der Waals surface area (Å²) in [5, 5.41) is 10.2. The maximum Gasteiger partial charge on any atom is 0.246 e. The van der Waals surface area contributed by atoms with Crippen LogP contribution in [0.4, 0.5) is 11.6 Å². The second-order valence-corrected chi connectivity index (χ2v) is 4.56. The van der Waals surface area contributed by atoms with Gasteiger partial charge in [0, 0.05) is 11.6 Å². The average molecular weight is 296 g/mol. The maximum atomic E-state index is 5.32. The summed E-state index contributed by atoms with van der Waals surface area (Å²) in [5.74, 6) is 2.57. The van der Waals surface area contributed by atoms with E-state index in [9.17, 15) is 0 Å². The standard InChI is InChI=1S/C16H16N4O2/c1-21-12-8-9-14(22-2)13(10-12)17-16-18-15(19-20-16)11-6-4-3-5-7-11/h3-10H,1-2H3,(H2,17,18,19,20). The van der Waals surface area contributed by atoms with Crippen molar-refractivity contribution in [1.29, 1.82) is 0 Å². The number of hydrogen-bond acceptors (Lipinski definition) is 5. The topological polar surface area (TPSA) is 72.1 Å². The molecule has 2 aromatic carbocycles. The number of aromatic amines is 1. The number of nitrogens with one attached hydrogen (secondary N) is 2. The van der Waals surface area contributed by atoms with Crippen molar-refractivity contribution in [3.8, 4) is 22.9 Å². The van der Waals surface area contributed by atoms with E-state index in [2.05, 4.69) is 20.5 Å². The molecule has 3 aromatic rings. The number of aromatic nitrogens is 3. The Labute approximate surface area is 128 Å². The van der Waals surface area contributed by atoms with Crippen molar-refractivity contribution in [2.24, 2.45) is 0 Å².